The maximum absolute atomic E-state index is 11.4. The van der Waals surface area contributed by atoms with E-state index in [1.54, 1.807) is 0 Å². The molecule has 3 aliphatic rings. The molecular weight excluding hydrogens is 302 g/mol. The fraction of sp³-hybridized carbons (Fsp3) is 0.650. The molecule has 4 heteroatoms. The third kappa shape index (κ3) is 2.26. The van der Waals surface area contributed by atoms with E-state index in [1.807, 2.05) is 12.1 Å². The topological polar surface area (TPSA) is 46.5 Å². The number of piperidine rings is 1. The molecule has 2 aliphatic carbocycles. The summed E-state index contributed by atoms with van der Waals surface area (Å²) in [6.45, 7) is 3.03. The van der Waals surface area contributed by atoms with Crippen LogP contribution >= 0.6 is 0 Å². The van der Waals surface area contributed by atoms with Crippen molar-refractivity contribution in [3.05, 3.63) is 29.3 Å². The number of hydrogen-bond donors (Lipinski definition) is 1. The molecule has 24 heavy (non-hydrogen) atoms. The molecule has 1 aromatic carbocycles. The lowest BCUT2D eigenvalue weighted by molar-refractivity contribution is -0.959. The zero-order chi connectivity index (χ0) is 16.9. The number of quaternary nitrogens is 1. The van der Waals surface area contributed by atoms with Crippen LogP contribution < -0.4 is 0 Å². The number of phenols is 1. The Morgan fingerprint density at radius 1 is 1.38 bits per heavy atom. The van der Waals surface area contributed by atoms with Crippen LogP contribution in [-0.4, -0.2) is 41.9 Å². The molecule has 4 rings (SSSR count). The monoisotopic (exact) mass is 330 g/mol. The van der Waals surface area contributed by atoms with Crippen LogP contribution in [0.3, 0.4) is 0 Å². The number of aromatic hydroxyl groups is 1. The molecule has 4 nitrogen and oxygen atoms in total. The quantitative estimate of drug-likeness (QED) is 0.669. The first-order valence-corrected chi connectivity index (χ1v) is 9.25. The van der Waals surface area contributed by atoms with Crippen LogP contribution in [0, 0.1) is 5.92 Å². The van der Waals surface area contributed by atoms with E-state index in [2.05, 4.69) is 13.1 Å². The predicted molar refractivity (Wildman–Crippen MR) is 91.5 cm³/mol. The number of carbonyl (C=O) groups excluding carboxylic acids is 1. The Labute approximate surface area is 144 Å². The molecule has 1 N–H and O–H groups in total. The van der Waals surface area contributed by atoms with Crippen molar-refractivity contribution in [1.82, 2.24) is 0 Å². The highest BCUT2D eigenvalue weighted by Crippen LogP contribution is 2.57. The number of phenolic OH excluding ortho intramolecular Hbond substituents is 1. The number of rotatable bonds is 2. The second kappa shape index (κ2) is 5.48. The summed E-state index contributed by atoms with van der Waals surface area (Å²) in [6, 6.07) is 6.48. The van der Waals surface area contributed by atoms with E-state index >= 15 is 0 Å². The Hall–Kier alpha value is -1.55. The van der Waals surface area contributed by atoms with Gasteiger partial charge in [0, 0.05) is 31.1 Å². The molecule has 0 amide bonds. The van der Waals surface area contributed by atoms with Crippen molar-refractivity contribution in [1.29, 1.82) is 0 Å². The van der Waals surface area contributed by atoms with Crippen LogP contribution in [0.2, 0.25) is 0 Å². The van der Waals surface area contributed by atoms with Crippen molar-refractivity contribution in [2.24, 2.45) is 5.92 Å². The zero-order valence-electron chi connectivity index (χ0n) is 14.8. The summed E-state index contributed by atoms with van der Waals surface area (Å²) in [6.07, 6.45) is 7.23. The number of ether oxygens (including phenoxy) is 1. The zero-order valence-corrected chi connectivity index (χ0v) is 14.8. The highest BCUT2D eigenvalue weighted by Gasteiger charge is 2.59. The molecule has 0 aromatic heterocycles. The van der Waals surface area contributed by atoms with E-state index in [-0.39, 0.29) is 11.4 Å². The molecule has 1 heterocycles. The van der Waals surface area contributed by atoms with E-state index in [1.165, 1.54) is 43.7 Å². The number of likely N-dealkylation sites (tertiary alicyclic amines) is 1. The number of benzene rings is 1. The van der Waals surface area contributed by atoms with Crippen LogP contribution in [-0.2, 0) is 21.4 Å². The standard InChI is InChI=1S/C20H27NO3/c1-14(22)24-13-21(2)10-9-20-8-4-3-5-17(20)19(21)11-15-6-7-16(23)12-18(15)20/h6-7,12,17,19H,3-5,8-11,13H2,1-2H3/p+1/t17-,19?,20+,21?/m1/s1. The molecule has 1 saturated heterocycles. The van der Waals surface area contributed by atoms with Crippen molar-refractivity contribution in [2.75, 3.05) is 20.3 Å². The van der Waals surface area contributed by atoms with Crippen molar-refractivity contribution in [2.45, 2.75) is 56.9 Å². The first kappa shape index (κ1) is 15.9. The lowest BCUT2D eigenvalue weighted by Crippen LogP contribution is -2.69. The molecule has 2 fully saturated rings. The molecule has 130 valence electrons. The summed E-state index contributed by atoms with van der Waals surface area (Å²) >= 11 is 0. The minimum Gasteiger partial charge on any atom is -0.508 e. The van der Waals surface area contributed by atoms with Crippen molar-refractivity contribution in [3.8, 4) is 5.75 Å². The Kier molecular flexibility index (Phi) is 3.64. The lowest BCUT2D eigenvalue weighted by atomic mass is 9.52. The van der Waals surface area contributed by atoms with E-state index in [0.29, 0.717) is 24.4 Å². The summed E-state index contributed by atoms with van der Waals surface area (Å²) in [5.41, 5.74) is 3.02. The molecule has 2 unspecified atom stereocenters. The van der Waals surface area contributed by atoms with Crippen molar-refractivity contribution < 1.29 is 19.1 Å². The third-order valence-electron chi connectivity index (χ3n) is 7.05. The smallest absolute Gasteiger partial charge is 0.306 e. The average Bonchev–Trinajstić information content (AvgIpc) is 2.57. The molecule has 4 atom stereocenters. The van der Waals surface area contributed by atoms with Gasteiger partial charge in [0.15, 0.2) is 0 Å². The van der Waals surface area contributed by atoms with Gasteiger partial charge in [0.1, 0.15) is 5.75 Å². The van der Waals surface area contributed by atoms with Crippen LogP contribution in [0.15, 0.2) is 18.2 Å². The Morgan fingerprint density at radius 3 is 3.00 bits per heavy atom. The number of esters is 1. The van der Waals surface area contributed by atoms with E-state index in [4.69, 9.17) is 4.74 Å². The third-order valence-corrected chi connectivity index (χ3v) is 7.05. The fourth-order valence-corrected chi connectivity index (χ4v) is 5.85. The van der Waals surface area contributed by atoms with Crippen molar-refractivity contribution in [3.63, 3.8) is 0 Å². The maximum atomic E-state index is 11.4. The SMILES string of the molecule is CC(=O)OC[N+]1(C)CC[C@@]23CCCC[C@@H]2C1Cc1ccc(O)cc13. The van der Waals surface area contributed by atoms with Crippen LogP contribution in [0.5, 0.6) is 5.75 Å². The number of hydrogen-bond acceptors (Lipinski definition) is 3. The molecular formula is C20H28NO3+. The number of nitrogens with zero attached hydrogens (tertiary/aromatic N) is 1. The van der Waals surface area contributed by atoms with Crippen LogP contribution in [0.1, 0.15) is 50.2 Å². The van der Waals surface area contributed by atoms with Gasteiger partial charge in [0.25, 0.3) is 0 Å². The molecule has 2 bridgehead atoms. The van der Waals surface area contributed by atoms with E-state index in [0.717, 1.165) is 23.9 Å². The first-order chi connectivity index (χ1) is 11.4. The van der Waals surface area contributed by atoms with Gasteiger partial charge in [-0.05, 0) is 36.1 Å². The maximum Gasteiger partial charge on any atom is 0.306 e. The van der Waals surface area contributed by atoms with Gasteiger partial charge in [-0.1, -0.05) is 18.9 Å². The minimum atomic E-state index is -0.184. The number of likely N-dealkylation sites (N-methyl/N-ethyl adjacent to an activating group) is 1. The van der Waals surface area contributed by atoms with Gasteiger partial charge in [0.2, 0.25) is 6.73 Å². The van der Waals surface area contributed by atoms with Crippen molar-refractivity contribution >= 4 is 5.97 Å². The minimum absolute atomic E-state index is 0.184. The van der Waals surface area contributed by atoms with Crippen LogP contribution in [0.25, 0.3) is 0 Å². The normalized spacial score (nSPS) is 37.2. The Balaban J connectivity index is 1.77. The van der Waals surface area contributed by atoms with Gasteiger partial charge in [-0.25, -0.2) is 0 Å². The van der Waals surface area contributed by atoms with Gasteiger partial charge < -0.3 is 9.84 Å². The van der Waals surface area contributed by atoms with Crippen LogP contribution in [0.4, 0.5) is 0 Å². The number of carbonyl (C=O) groups is 1. The van der Waals surface area contributed by atoms with Gasteiger partial charge >= 0.3 is 5.97 Å². The predicted octanol–water partition coefficient (Wildman–Crippen LogP) is 3.12. The van der Waals surface area contributed by atoms with E-state index < -0.39 is 0 Å². The van der Waals surface area contributed by atoms with Gasteiger partial charge in [0.05, 0.1) is 19.6 Å². The summed E-state index contributed by atoms with van der Waals surface area (Å²) in [7, 11) is 2.26. The lowest BCUT2D eigenvalue weighted by Gasteiger charge is -2.60. The Bertz CT molecular complexity index is 673. The highest BCUT2D eigenvalue weighted by atomic mass is 16.5. The molecule has 1 aromatic rings. The molecule has 1 aliphatic heterocycles. The molecule has 0 radical (unpaired) electrons. The second-order valence-corrected chi connectivity index (χ2v) is 8.34. The number of fused-ring (bicyclic) bond motifs is 1. The summed E-state index contributed by atoms with van der Waals surface area (Å²) < 4.78 is 6.29. The summed E-state index contributed by atoms with van der Waals surface area (Å²) in [5.74, 6) is 0.847. The van der Waals surface area contributed by atoms with Gasteiger partial charge in [-0.3, -0.25) is 9.28 Å². The summed E-state index contributed by atoms with van der Waals surface area (Å²) in [4.78, 5) is 11.4. The average molecular weight is 330 g/mol. The second-order valence-electron chi connectivity index (χ2n) is 8.34. The van der Waals surface area contributed by atoms with Gasteiger partial charge in [-0.2, -0.15) is 0 Å². The largest absolute Gasteiger partial charge is 0.508 e. The van der Waals surface area contributed by atoms with Gasteiger partial charge in [-0.15, -0.1) is 0 Å². The molecule has 1 saturated carbocycles. The summed E-state index contributed by atoms with van der Waals surface area (Å²) in [5, 5.41) is 10.1. The molecule has 0 spiro atoms. The Morgan fingerprint density at radius 2 is 2.21 bits per heavy atom. The van der Waals surface area contributed by atoms with E-state index in [9.17, 15) is 9.90 Å². The first-order valence-electron chi connectivity index (χ1n) is 9.25. The highest BCUT2D eigenvalue weighted by molar-refractivity contribution is 5.65. The fourth-order valence-electron chi connectivity index (χ4n) is 5.85.